The van der Waals surface area contributed by atoms with Crippen LogP contribution in [0.5, 0.6) is 11.5 Å². The predicted octanol–water partition coefficient (Wildman–Crippen LogP) is 4.09. The third-order valence-corrected chi connectivity index (χ3v) is 2.92. The number of hydrogen-bond acceptors (Lipinski definition) is 2. The second kappa shape index (κ2) is 6.91. The minimum Gasteiger partial charge on any atom is -0.457 e. The Kier molecular flexibility index (Phi) is 4.96. The average molecular weight is 286 g/mol. The van der Waals surface area contributed by atoms with E-state index in [0.29, 0.717) is 5.11 Å². The number of benzene rings is 2. The Hall–Kier alpha value is -2.07. The van der Waals surface area contributed by atoms with Gasteiger partial charge in [-0.1, -0.05) is 12.1 Å². The number of nitrogens with one attached hydrogen (secondary N) is 2. The first-order valence-corrected chi connectivity index (χ1v) is 6.97. The molecular weight excluding hydrogens is 268 g/mol. The number of aryl methyl sites for hydroxylation is 1. The Bertz CT molecular complexity index is 581. The highest BCUT2D eigenvalue weighted by atomic mass is 32.1. The molecule has 3 nitrogen and oxygen atoms in total. The molecule has 2 rings (SSSR count). The van der Waals surface area contributed by atoms with Gasteiger partial charge in [-0.15, -0.1) is 0 Å². The lowest BCUT2D eigenvalue weighted by Gasteiger charge is -2.10. The molecule has 0 atom stereocenters. The standard InChI is InChI=1S/C16H18N2OS/c1-3-17-16(20)18-13-7-9-14(10-8-13)19-15-6-4-5-12(2)11-15/h4-11H,3H2,1-2H3,(H2,17,18,20). The van der Waals surface area contributed by atoms with E-state index < -0.39 is 0 Å². The minimum atomic E-state index is 0.625. The number of hydrogen-bond donors (Lipinski definition) is 2. The van der Waals surface area contributed by atoms with Gasteiger partial charge < -0.3 is 15.4 Å². The molecule has 2 N–H and O–H groups in total. The van der Waals surface area contributed by atoms with Crippen LogP contribution in [-0.4, -0.2) is 11.7 Å². The fraction of sp³-hybridized carbons (Fsp3) is 0.188. The average Bonchev–Trinajstić information content (AvgIpc) is 2.41. The summed E-state index contributed by atoms with van der Waals surface area (Å²) >= 11 is 5.13. The van der Waals surface area contributed by atoms with E-state index in [1.54, 1.807) is 0 Å². The number of anilines is 1. The van der Waals surface area contributed by atoms with Gasteiger partial charge in [0.25, 0.3) is 0 Å². The summed E-state index contributed by atoms with van der Waals surface area (Å²) in [5.74, 6) is 1.64. The maximum atomic E-state index is 5.79. The first kappa shape index (κ1) is 14.3. The fourth-order valence-electron chi connectivity index (χ4n) is 1.76. The summed E-state index contributed by atoms with van der Waals surface area (Å²) in [5.41, 5.74) is 2.12. The summed E-state index contributed by atoms with van der Waals surface area (Å²) in [4.78, 5) is 0. The monoisotopic (exact) mass is 286 g/mol. The summed E-state index contributed by atoms with van der Waals surface area (Å²) in [5, 5.41) is 6.78. The molecule has 0 aliphatic rings. The van der Waals surface area contributed by atoms with Crippen LogP contribution in [0.1, 0.15) is 12.5 Å². The molecule has 0 heterocycles. The van der Waals surface area contributed by atoms with Crippen LogP contribution in [0.25, 0.3) is 0 Å². The van der Waals surface area contributed by atoms with Crippen molar-refractivity contribution in [3.8, 4) is 11.5 Å². The second-order valence-electron chi connectivity index (χ2n) is 4.43. The molecule has 2 aromatic rings. The summed E-state index contributed by atoms with van der Waals surface area (Å²) in [7, 11) is 0. The van der Waals surface area contributed by atoms with Gasteiger partial charge in [0.1, 0.15) is 11.5 Å². The van der Waals surface area contributed by atoms with Gasteiger partial charge in [-0.3, -0.25) is 0 Å². The van der Waals surface area contributed by atoms with E-state index in [0.717, 1.165) is 23.7 Å². The Balaban J connectivity index is 1.99. The first-order valence-electron chi connectivity index (χ1n) is 6.57. The molecular formula is C16H18N2OS. The van der Waals surface area contributed by atoms with Crippen molar-refractivity contribution in [3.05, 3.63) is 54.1 Å². The van der Waals surface area contributed by atoms with Gasteiger partial charge in [0.15, 0.2) is 5.11 Å². The summed E-state index contributed by atoms with van der Waals surface area (Å²) in [6, 6.07) is 15.7. The van der Waals surface area contributed by atoms with Gasteiger partial charge in [0.2, 0.25) is 0 Å². The van der Waals surface area contributed by atoms with Crippen LogP contribution in [-0.2, 0) is 0 Å². The molecule has 0 radical (unpaired) electrons. The molecule has 0 fully saturated rings. The normalized spacial score (nSPS) is 9.90. The van der Waals surface area contributed by atoms with E-state index in [2.05, 4.69) is 10.6 Å². The molecule has 0 aliphatic carbocycles. The summed E-state index contributed by atoms with van der Waals surface area (Å²) in [6.45, 7) is 4.86. The first-order chi connectivity index (χ1) is 9.67. The molecule has 0 spiro atoms. The van der Waals surface area contributed by atoms with Crippen molar-refractivity contribution in [1.82, 2.24) is 5.32 Å². The SMILES string of the molecule is CCNC(=S)Nc1ccc(Oc2cccc(C)c2)cc1. The second-order valence-corrected chi connectivity index (χ2v) is 4.84. The van der Waals surface area contributed by atoms with Crippen LogP contribution in [0.4, 0.5) is 5.69 Å². The van der Waals surface area contributed by atoms with Gasteiger partial charge in [0.05, 0.1) is 0 Å². The molecule has 0 saturated carbocycles. The Labute approximate surface area is 125 Å². The highest BCUT2D eigenvalue weighted by molar-refractivity contribution is 7.80. The molecule has 2 aromatic carbocycles. The lowest BCUT2D eigenvalue weighted by molar-refractivity contribution is 0.482. The predicted molar refractivity (Wildman–Crippen MR) is 87.6 cm³/mol. The lowest BCUT2D eigenvalue weighted by Crippen LogP contribution is -2.27. The zero-order valence-electron chi connectivity index (χ0n) is 11.6. The van der Waals surface area contributed by atoms with Crippen molar-refractivity contribution < 1.29 is 4.74 Å². The molecule has 104 valence electrons. The minimum absolute atomic E-state index is 0.625. The lowest BCUT2D eigenvalue weighted by atomic mass is 10.2. The van der Waals surface area contributed by atoms with Crippen LogP contribution in [0.3, 0.4) is 0 Å². The molecule has 0 bridgehead atoms. The highest BCUT2D eigenvalue weighted by Crippen LogP contribution is 2.23. The largest absolute Gasteiger partial charge is 0.457 e. The van der Waals surface area contributed by atoms with Gasteiger partial charge in [-0.2, -0.15) is 0 Å². The van der Waals surface area contributed by atoms with E-state index in [1.165, 1.54) is 5.56 Å². The number of ether oxygens (including phenoxy) is 1. The molecule has 0 unspecified atom stereocenters. The molecule has 0 amide bonds. The van der Waals surface area contributed by atoms with Gasteiger partial charge in [-0.25, -0.2) is 0 Å². The van der Waals surface area contributed by atoms with Crippen molar-refractivity contribution in [2.45, 2.75) is 13.8 Å². The maximum Gasteiger partial charge on any atom is 0.170 e. The maximum absolute atomic E-state index is 5.79. The fourth-order valence-corrected chi connectivity index (χ4v) is 2.02. The van der Waals surface area contributed by atoms with Crippen molar-refractivity contribution in [1.29, 1.82) is 0 Å². The third kappa shape index (κ3) is 4.24. The number of rotatable bonds is 4. The van der Waals surface area contributed by atoms with E-state index in [-0.39, 0.29) is 0 Å². The topological polar surface area (TPSA) is 33.3 Å². The Morgan fingerprint density at radius 3 is 2.50 bits per heavy atom. The van der Waals surface area contributed by atoms with E-state index in [1.807, 2.05) is 62.4 Å². The third-order valence-electron chi connectivity index (χ3n) is 2.67. The highest BCUT2D eigenvalue weighted by Gasteiger charge is 1.99. The van der Waals surface area contributed by atoms with Crippen molar-refractivity contribution in [3.63, 3.8) is 0 Å². The van der Waals surface area contributed by atoms with Crippen LogP contribution >= 0.6 is 12.2 Å². The van der Waals surface area contributed by atoms with Gasteiger partial charge >= 0.3 is 0 Å². The van der Waals surface area contributed by atoms with E-state index >= 15 is 0 Å². The quantitative estimate of drug-likeness (QED) is 0.829. The zero-order chi connectivity index (χ0) is 14.4. The summed E-state index contributed by atoms with van der Waals surface area (Å²) < 4.78 is 5.79. The van der Waals surface area contributed by atoms with Gasteiger partial charge in [0, 0.05) is 12.2 Å². The smallest absolute Gasteiger partial charge is 0.170 e. The molecule has 0 saturated heterocycles. The van der Waals surface area contributed by atoms with Crippen molar-refractivity contribution >= 4 is 23.0 Å². The van der Waals surface area contributed by atoms with Gasteiger partial charge in [-0.05, 0) is 68.0 Å². The summed E-state index contributed by atoms with van der Waals surface area (Å²) in [6.07, 6.45) is 0. The molecule has 4 heteroatoms. The van der Waals surface area contributed by atoms with Crippen LogP contribution in [0.15, 0.2) is 48.5 Å². The van der Waals surface area contributed by atoms with E-state index in [9.17, 15) is 0 Å². The van der Waals surface area contributed by atoms with Crippen LogP contribution in [0.2, 0.25) is 0 Å². The Morgan fingerprint density at radius 2 is 1.85 bits per heavy atom. The zero-order valence-corrected chi connectivity index (χ0v) is 12.5. The number of thiocarbonyl (C=S) groups is 1. The molecule has 0 aromatic heterocycles. The van der Waals surface area contributed by atoms with Crippen LogP contribution < -0.4 is 15.4 Å². The van der Waals surface area contributed by atoms with Crippen LogP contribution in [0, 0.1) is 6.92 Å². The molecule has 0 aliphatic heterocycles. The van der Waals surface area contributed by atoms with Crippen molar-refractivity contribution in [2.75, 3.05) is 11.9 Å². The van der Waals surface area contributed by atoms with E-state index in [4.69, 9.17) is 17.0 Å². The van der Waals surface area contributed by atoms with Crippen molar-refractivity contribution in [2.24, 2.45) is 0 Å². The Morgan fingerprint density at radius 1 is 1.10 bits per heavy atom. The molecule has 20 heavy (non-hydrogen) atoms.